The van der Waals surface area contributed by atoms with Gasteiger partial charge in [0.15, 0.2) is 0 Å². The molecular weight excluding hydrogens is 292 g/mol. The monoisotopic (exact) mass is 314 g/mol. The number of benzene rings is 1. The van der Waals surface area contributed by atoms with E-state index in [1.807, 2.05) is 34.0 Å². The Morgan fingerprint density at radius 1 is 1.26 bits per heavy atom. The fraction of sp³-hybridized carbons (Fsp3) is 0.412. The molecule has 0 radical (unpaired) electrons. The van der Waals surface area contributed by atoms with Crippen molar-refractivity contribution >= 4 is 5.91 Å². The summed E-state index contributed by atoms with van der Waals surface area (Å²) >= 11 is 0. The fourth-order valence-corrected chi connectivity index (χ4v) is 2.81. The van der Waals surface area contributed by atoms with Crippen molar-refractivity contribution in [3.8, 4) is 5.69 Å². The van der Waals surface area contributed by atoms with E-state index in [9.17, 15) is 4.79 Å². The third-order valence-electron chi connectivity index (χ3n) is 4.05. The molecule has 0 aliphatic carbocycles. The number of methoxy groups -OCH3 is 1. The lowest BCUT2D eigenvalue weighted by Crippen LogP contribution is -2.50. The maximum absolute atomic E-state index is 12.2. The molecule has 6 heteroatoms. The van der Waals surface area contributed by atoms with Crippen LogP contribution in [0.5, 0.6) is 0 Å². The van der Waals surface area contributed by atoms with Gasteiger partial charge >= 0.3 is 0 Å². The van der Waals surface area contributed by atoms with Crippen molar-refractivity contribution < 1.29 is 9.53 Å². The third-order valence-corrected chi connectivity index (χ3v) is 4.05. The second kappa shape index (κ2) is 7.39. The summed E-state index contributed by atoms with van der Waals surface area (Å²) < 4.78 is 6.89. The molecule has 3 rings (SSSR count). The number of rotatable bonds is 6. The largest absolute Gasteiger partial charge is 0.383 e. The molecule has 1 aromatic carbocycles. The zero-order chi connectivity index (χ0) is 16.1. The fourth-order valence-electron chi connectivity index (χ4n) is 2.81. The normalized spacial score (nSPS) is 16.0. The first-order chi connectivity index (χ1) is 11.3. The molecule has 0 saturated carbocycles. The average molecular weight is 314 g/mol. The molecule has 1 aliphatic rings. The molecule has 1 amide bonds. The molecule has 2 aromatic rings. The highest BCUT2D eigenvalue weighted by Crippen LogP contribution is 2.13. The van der Waals surface area contributed by atoms with Crippen LogP contribution in [0.15, 0.2) is 42.7 Å². The number of aromatic nitrogens is 2. The van der Waals surface area contributed by atoms with Gasteiger partial charge in [-0.2, -0.15) is 5.10 Å². The minimum absolute atomic E-state index is 0.177. The van der Waals surface area contributed by atoms with Gasteiger partial charge in [0.2, 0.25) is 5.91 Å². The molecule has 23 heavy (non-hydrogen) atoms. The molecule has 0 N–H and O–H groups in total. The lowest BCUT2D eigenvalue weighted by molar-refractivity contribution is -0.136. The summed E-state index contributed by atoms with van der Waals surface area (Å²) in [4.78, 5) is 16.2. The molecular formula is C17H22N4O2. The molecule has 1 aliphatic heterocycles. The van der Waals surface area contributed by atoms with Crippen LogP contribution in [0.4, 0.5) is 0 Å². The Labute approximate surface area is 136 Å². The number of carbonyl (C=O) groups is 1. The summed E-state index contributed by atoms with van der Waals surface area (Å²) in [6.45, 7) is 4.17. The molecule has 0 spiro atoms. The second-order valence-electron chi connectivity index (χ2n) is 5.70. The van der Waals surface area contributed by atoms with E-state index in [-0.39, 0.29) is 5.91 Å². The van der Waals surface area contributed by atoms with Crippen LogP contribution in [0, 0.1) is 0 Å². The quantitative estimate of drug-likeness (QED) is 0.803. The van der Waals surface area contributed by atoms with Gasteiger partial charge in [0, 0.05) is 45.7 Å². The number of ether oxygens (including phenoxy) is 1. The van der Waals surface area contributed by atoms with Gasteiger partial charge in [0.05, 0.1) is 18.8 Å². The molecule has 1 aromatic heterocycles. The highest BCUT2D eigenvalue weighted by Gasteiger charge is 2.23. The predicted molar refractivity (Wildman–Crippen MR) is 87.3 cm³/mol. The van der Waals surface area contributed by atoms with Crippen molar-refractivity contribution in [2.45, 2.75) is 6.54 Å². The van der Waals surface area contributed by atoms with E-state index < -0.39 is 0 Å². The lowest BCUT2D eigenvalue weighted by Gasteiger charge is -2.34. The van der Waals surface area contributed by atoms with Crippen LogP contribution in [0.1, 0.15) is 5.56 Å². The van der Waals surface area contributed by atoms with Gasteiger partial charge in [-0.1, -0.05) is 12.1 Å². The van der Waals surface area contributed by atoms with Crippen LogP contribution in [0.2, 0.25) is 0 Å². The second-order valence-corrected chi connectivity index (χ2v) is 5.70. The first kappa shape index (κ1) is 15.7. The van der Waals surface area contributed by atoms with E-state index in [0.717, 1.165) is 25.3 Å². The minimum Gasteiger partial charge on any atom is -0.383 e. The number of hydrogen-bond donors (Lipinski definition) is 0. The first-order valence-corrected chi connectivity index (χ1v) is 7.84. The summed E-state index contributed by atoms with van der Waals surface area (Å²) in [7, 11) is 1.66. The molecule has 1 saturated heterocycles. The minimum atomic E-state index is 0.177. The van der Waals surface area contributed by atoms with Crippen molar-refractivity contribution in [2.24, 2.45) is 0 Å². The Morgan fingerprint density at radius 2 is 2.17 bits per heavy atom. The third kappa shape index (κ3) is 3.97. The molecule has 2 heterocycles. The van der Waals surface area contributed by atoms with E-state index in [4.69, 9.17) is 4.74 Å². The van der Waals surface area contributed by atoms with E-state index in [2.05, 4.69) is 22.1 Å². The number of amides is 1. The van der Waals surface area contributed by atoms with Gasteiger partial charge < -0.3 is 9.64 Å². The predicted octanol–water partition coefficient (Wildman–Crippen LogP) is 1.16. The number of hydrogen-bond acceptors (Lipinski definition) is 4. The zero-order valence-electron chi connectivity index (χ0n) is 13.4. The van der Waals surface area contributed by atoms with Crippen LogP contribution >= 0.6 is 0 Å². The van der Waals surface area contributed by atoms with Crippen molar-refractivity contribution in [3.63, 3.8) is 0 Å². The Balaban J connectivity index is 1.60. The summed E-state index contributed by atoms with van der Waals surface area (Å²) in [6, 6.07) is 10.2. The summed E-state index contributed by atoms with van der Waals surface area (Å²) in [5, 5.41) is 4.26. The molecule has 0 unspecified atom stereocenters. The highest BCUT2D eigenvalue weighted by molar-refractivity contribution is 5.79. The van der Waals surface area contributed by atoms with Crippen LogP contribution in [-0.4, -0.2) is 65.4 Å². The molecule has 1 fully saturated rings. The Hall–Kier alpha value is -2.18. The van der Waals surface area contributed by atoms with Crippen molar-refractivity contribution in [2.75, 3.05) is 39.9 Å². The van der Waals surface area contributed by atoms with Crippen LogP contribution in [0.3, 0.4) is 0 Å². The topological polar surface area (TPSA) is 50.6 Å². The maximum atomic E-state index is 12.2. The van der Waals surface area contributed by atoms with Gasteiger partial charge in [0.25, 0.3) is 0 Å². The highest BCUT2D eigenvalue weighted by atomic mass is 16.5. The van der Waals surface area contributed by atoms with Crippen molar-refractivity contribution in [1.82, 2.24) is 19.6 Å². The number of nitrogens with zero attached hydrogens (tertiary/aromatic N) is 4. The Morgan fingerprint density at radius 3 is 2.91 bits per heavy atom. The smallest absolute Gasteiger partial charge is 0.236 e. The summed E-state index contributed by atoms with van der Waals surface area (Å²) in [5.41, 5.74) is 2.23. The molecule has 0 atom stereocenters. The summed E-state index contributed by atoms with van der Waals surface area (Å²) in [6.07, 6.45) is 3.70. The van der Waals surface area contributed by atoms with E-state index in [0.29, 0.717) is 19.7 Å². The average Bonchev–Trinajstić information content (AvgIpc) is 3.09. The van der Waals surface area contributed by atoms with Crippen molar-refractivity contribution in [1.29, 1.82) is 0 Å². The van der Waals surface area contributed by atoms with E-state index >= 15 is 0 Å². The van der Waals surface area contributed by atoms with Gasteiger partial charge in [-0.05, 0) is 23.8 Å². The lowest BCUT2D eigenvalue weighted by atomic mass is 10.1. The molecule has 6 nitrogen and oxygen atoms in total. The van der Waals surface area contributed by atoms with Gasteiger partial charge in [0.1, 0.15) is 0 Å². The summed E-state index contributed by atoms with van der Waals surface area (Å²) in [5.74, 6) is 0.177. The Kier molecular flexibility index (Phi) is 5.05. The van der Waals surface area contributed by atoms with Gasteiger partial charge in [-0.3, -0.25) is 9.69 Å². The van der Waals surface area contributed by atoms with E-state index in [1.54, 1.807) is 13.3 Å². The SMILES string of the molecule is COCCN1CCN(Cc2cccc(-n3cccn3)c2)CC1=O. The Bertz CT molecular complexity index is 642. The molecule has 0 bridgehead atoms. The maximum Gasteiger partial charge on any atom is 0.236 e. The van der Waals surface area contributed by atoms with Crippen molar-refractivity contribution in [3.05, 3.63) is 48.3 Å². The van der Waals surface area contributed by atoms with Gasteiger partial charge in [-0.25, -0.2) is 4.68 Å². The number of piperazine rings is 1. The standard InChI is InChI=1S/C17H22N4O2/c1-23-11-10-20-9-8-19(14-17(20)22)13-15-4-2-5-16(12-15)21-7-3-6-18-21/h2-7,12H,8-11,13-14H2,1H3. The van der Waals surface area contributed by atoms with Crippen LogP contribution in [0.25, 0.3) is 5.69 Å². The number of carbonyl (C=O) groups excluding carboxylic acids is 1. The first-order valence-electron chi connectivity index (χ1n) is 7.84. The van der Waals surface area contributed by atoms with Crippen LogP contribution < -0.4 is 0 Å². The molecule has 122 valence electrons. The zero-order valence-corrected chi connectivity index (χ0v) is 13.4. The van der Waals surface area contributed by atoms with Crippen LogP contribution in [-0.2, 0) is 16.1 Å². The van der Waals surface area contributed by atoms with E-state index in [1.165, 1.54) is 5.56 Å². The van der Waals surface area contributed by atoms with Gasteiger partial charge in [-0.15, -0.1) is 0 Å².